The highest BCUT2D eigenvalue weighted by atomic mass is 16.6. The highest BCUT2D eigenvalue weighted by molar-refractivity contribution is 5.72. The first-order valence-electron chi connectivity index (χ1n) is 5.07. The molecule has 1 heterocycles. The van der Waals surface area contributed by atoms with Crippen molar-refractivity contribution in [1.82, 2.24) is 10.3 Å². The summed E-state index contributed by atoms with van der Waals surface area (Å²) < 4.78 is 0. The maximum Gasteiger partial charge on any atom is 0.289 e. The Morgan fingerprint density at radius 1 is 1.61 bits per heavy atom. The summed E-state index contributed by atoms with van der Waals surface area (Å²) in [4.78, 5) is 24.3. The molecular formula is C10H11N5O3. The van der Waals surface area contributed by atoms with E-state index in [1.807, 2.05) is 6.07 Å². The highest BCUT2D eigenvalue weighted by Gasteiger charge is 2.11. The van der Waals surface area contributed by atoms with E-state index < -0.39 is 4.92 Å². The summed E-state index contributed by atoms with van der Waals surface area (Å²) >= 11 is 0. The van der Waals surface area contributed by atoms with Gasteiger partial charge in [-0.1, -0.05) is 0 Å². The van der Waals surface area contributed by atoms with Crippen LogP contribution in [-0.2, 0) is 4.79 Å². The minimum Gasteiger partial charge on any atom is -0.367 e. The molecule has 0 unspecified atom stereocenters. The molecule has 0 atom stereocenters. The largest absolute Gasteiger partial charge is 0.367 e. The summed E-state index contributed by atoms with van der Waals surface area (Å²) in [5, 5.41) is 24.7. The van der Waals surface area contributed by atoms with Crippen LogP contribution in [0.25, 0.3) is 0 Å². The van der Waals surface area contributed by atoms with Gasteiger partial charge in [-0.3, -0.25) is 14.9 Å². The van der Waals surface area contributed by atoms with Crippen LogP contribution in [0.1, 0.15) is 12.5 Å². The topological polar surface area (TPSA) is 121 Å². The third-order valence-corrected chi connectivity index (χ3v) is 2.00. The number of carbonyl (C=O) groups excluding carboxylic acids is 1. The number of nitrogens with zero attached hydrogens (tertiary/aromatic N) is 3. The molecule has 0 bridgehead atoms. The number of nitrogens with one attached hydrogen (secondary N) is 2. The summed E-state index contributed by atoms with van der Waals surface area (Å²) in [5.74, 6) is 0.0995. The van der Waals surface area contributed by atoms with E-state index in [1.165, 1.54) is 6.92 Å². The molecule has 18 heavy (non-hydrogen) atoms. The quantitative estimate of drug-likeness (QED) is 0.443. The smallest absolute Gasteiger partial charge is 0.289 e. The fraction of sp³-hybridized carbons (Fsp3) is 0.300. The van der Waals surface area contributed by atoms with E-state index >= 15 is 0 Å². The van der Waals surface area contributed by atoms with Crippen molar-refractivity contribution >= 4 is 17.4 Å². The summed E-state index contributed by atoms with van der Waals surface area (Å²) in [6, 6.07) is 2.97. The van der Waals surface area contributed by atoms with Gasteiger partial charge in [0.15, 0.2) is 0 Å². The lowest BCUT2D eigenvalue weighted by molar-refractivity contribution is -0.385. The SMILES string of the molecule is CC(=O)NCCNc1ncc([N+](=O)[O-])cc1C#N. The summed E-state index contributed by atoms with van der Waals surface area (Å²) in [6.07, 6.45) is 1.07. The predicted octanol–water partition coefficient (Wildman–Crippen LogP) is 0.409. The van der Waals surface area contributed by atoms with E-state index in [1.54, 1.807) is 0 Å². The van der Waals surface area contributed by atoms with Crippen LogP contribution >= 0.6 is 0 Å². The van der Waals surface area contributed by atoms with Crippen LogP contribution in [0.15, 0.2) is 12.3 Å². The number of hydrogen-bond donors (Lipinski definition) is 2. The molecule has 1 rings (SSSR count). The summed E-state index contributed by atoms with van der Waals surface area (Å²) in [7, 11) is 0. The first-order chi connectivity index (χ1) is 8.54. The Morgan fingerprint density at radius 2 is 2.33 bits per heavy atom. The van der Waals surface area contributed by atoms with Crippen LogP contribution in [-0.4, -0.2) is 28.9 Å². The average molecular weight is 249 g/mol. The van der Waals surface area contributed by atoms with Crippen molar-refractivity contribution in [3.05, 3.63) is 27.9 Å². The highest BCUT2D eigenvalue weighted by Crippen LogP contribution is 2.17. The monoisotopic (exact) mass is 249 g/mol. The van der Waals surface area contributed by atoms with Crippen molar-refractivity contribution in [2.24, 2.45) is 0 Å². The van der Waals surface area contributed by atoms with Crippen LogP contribution in [0.2, 0.25) is 0 Å². The second-order valence-electron chi connectivity index (χ2n) is 3.37. The lowest BCUT2D eigenvalue weighted by Crippen LogP contribution is -2.26. The number of nitro groups is 1. The van der Waals surface area contributed by atoms with Crippen molar-refractivity contribution in [1.29, 1.82) is 5.26 Å². The van der Waals surface area contributed by atoms with Crippen molar-refractivity contribution in [2.75, 3.05) is 18.4 Å². The lowest BCUT2D eigenvalue weighted by Gasteiger charge is -2.07. The van der Waals surface area contributed by atoms with Crippen molar-refractivity contribution in [3.63, 3.8) is 0 Å². The number of carbonyl (C=O) groups is 1. The molecule has 1 amide bonds. The molecule has 0 fully saturated rings. The Bertz CT molecular complexity index is 509. The van der Waals surface area contributed by atoms with Gasteiger partial charge in [-0.25, -0.2) is 4.98 Å². The Labute approximate surface area is 103 Å². The molecule has 8 nitrogen and oxygen atoms in total. The number of amides is 1. The maximum atomic E-state index is 10.6. The van der Waals surface area contributed by atoms with Gasteiger partial charge in [-0.15, -0.1) is 0 Å². The van der Waals surface area contributed by atoms with Gasteiger partial charge >= 0.3 is 0 Å². The van der Waals surface area contributed by atoms with E-state index in [2.05, 4.69) is 15.6 Å². The van der Waals surface area contributed by atoms with Crippen molar-refractivity contribution in [3.8, 4) is 6.07 Å². The molecule has 0 aliphatic heterocycles. The van der Waals surface area contributed by atoms with E-state index in [9.17, 15) is 14.9 Å². The van der Waals surface area contributed by atoms with E-state index in [4.69, 9.17) is 5.26 Å². The Morgan fingerprint density at radius 3 is 2.89 bits per heavy atom. The molecule has 0 radical (unpaired) electrons. The van der Waals surface area contributed by atoms with Gasteiger partial charge in [0.25, 0.3) is 5.69 Å². The average Bonchev–Trinajstić information content (AvgIpc) is 2.34. The zero-order valence-corrected chi connectivity index (χ0v) is 9.64. The lowest BCUT2D eigenvalue weighted by atomic mass is 10.2. The molecule has 0 saturated heterocycles. The molecule has 94 valence electrons. The molecule has 0 aliphatic rings. The number of rotatable bonds is 5. The first-order valence-corrected chi connectivity index (χ1v) is 5.07. The number of hydrogen-bond acceptors (Lipinski definition) is 6. The standard InChI is InChI=1S/C10H11N5O3/c1-7(16)12-2-3-13-10-8(5-11)4-9(6-14-10)15(17)18/h4,6H,2-3H2,1H3,(H,12,16)(H,13,14). The van der Waals surface area contributed by atoms with Crippen LogP contribution in [0, 0.1) is 21.4 Å². The second kappa shape index (κ2) is 6.15. The zero-order chi connectivity index (χ0) is 13.5. The Kier molecular flexibility index (Phi) is 4.57. The van der Waals surface area contributed by atoms with Gasteiger partial charge in [0.2, 0.25) is 5.91 Å². The minimum atomic E-state index is -0.616. The van der Waals surface area contributed by atoms with E-state index in [0.717, 1.165) is 12.3 Å². The second-order valence-corrected chi connectivity index (χ2v) is 3.37. The summed E-state index contributed by atoms with van der Waals surface area (Å²) in [6.45, 7) is 2.14. The third-order valence-electron chi connectivity index (χ3n) is 2.00. The third kappa shape index (κ3) is 3.71. The fourth-order valence-corrected chi connectivity index (χ4v) is 1.20. The van der Waals surface area contributed by atoms with Crippen LogP contribution < -0.4 is 10.6 Å². The molecule has 0 aliphatic carbocycles. The van der Waals surface area contributed by atoms with Crippen molar-refractivity contribution < 1.29 is 9.72 Å². The summed E-state index contributed by atoms with van der Waals surface area (Å²) in [5.41, 5.74) is -0.147. The van der Waals surface area contributed by atoms with Gasteiger partial charge in [0.1, 0.15) is 23.6 Å². The molecule has 0 aromatic carbocycles. The number of nitriles is 1. The molecule has 1 aromatic rings. The Hall–Kier alpha value is -2.69. The maximum absolute atomic E-state index is 10.6. The van der Waals surface area contributed by atoms with Crippen molar-refractivity contribution in [2.45, 2.75) is 6.92 Å². The number of pyridine rings is 1. The molecule has 8 heteroatoms. The zero-order valence-electron chi connectivity index (χ0n) is 9.64. The number of aromatic nitrogens is 1. The van der Waals surface area contributed by atoms with Gasteiger partial charge in [0.05, 0.1) is 4.92 Å². The van der Waals surface area contributed by atoms with Gasteiger partial charge in [-0.2, -0.15) is 5.26 Å². The molecule has 2 N–H and O–H groups in total. The minimum absolute atomic E-state index is 0.0898. The van der Waals surface area contributed by atoms with E-state index in [0.29, 0.717) is 13.1 Å². The Balaban J connectivity index is 2.69. The predicted molar refractivity (Wildman–Crippen MR) is 62.8 cm³/mol. The molecular weight excluding hydrogens is 238 g/mol. The molecule has 0 spiro atoms. The van der Waals surface area contributed by atoms with Gasteiger partial charge in [0, 0.05) is 26.1 Å². The fourth-order valence-electron chi connectivity index (χ4n) is 1.20. The van der Waals surface area contributed by atoms with Gasteiger partial charge in [-0.05, 0) is 0 Å². The van der Waals surface area contributed by atoms with Crippen LogP contribution in [0.5, 0.6) is 0 Å². The first kappa shape index (κ1) is 13.4. The van der Waals surface area contributed by atoms with Crippen LogP contribution in [0.4, 0.5) is 11.5 Å². The number of anilines is 1. The van der Waals surface area contributed by atoms with E-state index in [-0.39, 0.29) is 23.0 Å². The molecule has 1 aromatic heterocycles. The van der Waals surface area contributed by atoms with Crippen LogP contribution in [0.3, 0.4) is 0 Å². The normalized spacial score (nSPS) is 9.33. The van der Waals surface area contributed by atoms with Gasteiger partial charge < -0.3 is 10.6 Å². The molecule has 0 saturated carbocycles.